The predicted octanol–water partition coefficient (Wildman–Crippen LogP) is 5.01. The maximum absolute atomic E-state index is 13.4. The summed E-state index contributed by atoms with van der Waals surface area (Å²) in [5, 5.41) is 12.0. The largest absolute Gasteiger partial charge is 0.325 e. The molecule has 1 atom stereocenters. The second kappa shape index (κ2) is 9.33. The van der Waals surface area contributed by atoms with Gasteiger partial charge < -0.3 is 5.32 Å². The van der Waals surface area contributed by atoms with Crippen LogP contribution in [0.4, 0.5) is 10.1 Å². The van der Waals surface area contributed by atoms with Gasteiger partial charge in [0, 0.05) is 5.69 Å². The first-order valence-electron chi connectivity index (χ1n) is 8.98. The fourth-order valence-corrected chi connectivity index (χ4v) is 3.41. The number of rotatable bonds is 6. The molecule has 0 bridgehead atoms. The first-order chi connectivity index (χ1) is 14.0. The van der Waals surface area contributed by atoms with E-state index < -0.39 is 0 Å². The number of halogens is 2. The van der Waals surface area contributed by atoms with E-state index in [-0.39, 0.29) is 29.3 Å². The molecule has 29 heavy (non-hydrogen) atoms. The second-order valence-electron chi connectivity index (χ2n) is 6.63. The third-order valence-corrected chi connectivity index (χ3v) is 4.82. The molecule has 0 radical (unpaired) electrons. The molecular weight excluding hydrogens is 389 g/mol. The van der Waals surface area contributed by atoms with Crippen molar-refractivity contribution in [2.45, 2.75) is 6.04 Å². The van der Waals surface area contributed by atoms with Crippen molar-refractivity contribution in [3.05, 3.63) is 100 Å². The minimum absolute atomic E-state index is 0.106. The van der Waals surface area contributed by atoms with Crippen LogP contribution in [0.5, 0.6) is 0 Å². The SMILES string of the molecule is CN(CC(=O)Nc1ccc(C#N)c(Cl)c1)C(c1ccccc1)c1ccc(F)cc1. The summed E-state index contributed by atoms with van der Waals surface area (Å²) in [7, 11) is 1.84. The Bertz CT molecular complexity index is 1030. The Kier molecular flexibility index (Phi) is 6.61. The Morgan fingerprint density at radius 3 is 2.38 bits per heavy atom. The Hall–Kier alpha value is -3.20. The maximum Gasteiger partial charge on any atom is 0.238 e. The molecule has 3 aromatic carbocycles. The number of carbonyl (C=O) groups is 1. The highest BCUT2D eigenvalue weighted by molar-refractivity contribution is 6.32. The molecule has 0 fully saturated rings. The van der Waals surface area contributed by atoms with Crippen molar-refractivity contribution in [1.82, 2.24) is 4.90 Å². The van der Waals surface area contributed by atoms with Crippen molar-refractivity contribution < 1.29 is 9.18 Å². The van der Waals surface area contributed by atoms with Crippen molar-refractivity contribution in [1.29, 1.82) is 5.26 Å². The van der Waals surface area contributed by atoms with Crippen LogP contribution in [-0.2, 0) is 4.79 Å². The summed E-state index contributed by atoms with van der Waals surface area (Å²) in [6.07, 6.45) is 0. The molecule has 1 unspecified atom stereocenters. The lowest BCUT2D eigenvalue weighted by molar-refractivity contribution is -0.117. The molecule has 0 saturated heterocycles. The van der Waals surface area contributed by atoms with Gasteiger partial charge in [-0.15, -0.1) is 0 Å². The van der Waals surface area contributed by atoms with Crippen molar-refractivity contribution in [2.24, 2.45) is 0 Å². The van der Waals surface area contributed by atoms with Gasteiger partial charge in [-0.3, -0.25) is 9.69 Å². The molecule has 0 aliphatic heterocycles. The Morgan fingerprint density at radius 1 is 1.10 bits per heavy atom. The summed E-state index contributed by atoms with van der Waals surface area (Å²) in [4.78, 5) is 14.5. The fourth-order valence-electron chi connectivity index (χ4n) is 3.18. The molecule has 3 rings (SSSR count). The lowest BCUT2D eigenvalue weighted by atomic mass is 9.97. The minimum Gasteiger partial charge on any atom is -0.325 e. The van der Waals surface area contributed by atoms with E-state index in [1.807, 2.05) is 48.3 Å². The van der Waals surface area contributed by atoms with Gasteiger partial charge >= 0.3 is 0 Å². The second-order valence-corrected chi connectivity index (χ2v) is 7.04. The molecular formula is C23H19ClFN3O. The zero-order chi connectivity index (χ0) is 20.8. The standard InChI is InChI=1S/C23H19ClFN3O/c1-28(15-22(29)27-20-12-9-18(14-26)21(24)13-20)23(16-5-3-2-4-6-16)17-7-10-19(25)11-8-17/h2-13,23H,15H2,1H3,(H,27,29). The molecule has 1 N–H and O–H groups in total. The number of anilines is 1. The van der Waals surface area contributed by atoms with Gasteiger partial charge in [-0.2, -0.15) is 5.26 Å². The molecule has 1 amide bonds. The van der Waals surface area contributed by atoms with Crippen LogP contribution in [0.15, 0.2) is 72.8 Å². The van der Waals surface area contributed by atoms with Crippen LogP contribution in [-0.4, -0.2) is 24.4 Å². The highest BCUT2D eigenvalue weighted by Gasteiger charge is 2.21. The van der Waals surface area contributed by atoms with E-state index in [4.69, 9.17) is 16.9 Å². The molecule has 0 spiro atoms. The normalized spacial score (nSPS) is 11.7. The van der Waals surface area contributed by atoms with E-state index in [1.165, 1.54) is 12.1 Å². The van der Waals surface area contributed by atoms with Gasteiger partial charge in [0.25, 0.3) is 0 Å². The minimum atomic E-state index is -0.307. The number of benzene rings is 3. The summed E-state index contributed by atoms with van der Waals surface area (Å²) in [5.41, 5.74) is 2.75. The van der Waals surface area contributed by atoms with E-state index in [9.17, 15) is 9.18 Å². The fraction of sp³-hybridized carbons (Fsp3) is 0.130. The van der Waals surface area contributed by atoms with Gasteiger partial charge in [-0.05, 0) is 48.5 Å². The Balaban J connectivity index is 1.78. The third kappa shape index (κ3) is 5.20. The molecule has 146 valence electrons. The summed E-state index contributed by atoms with van der Waals surface area (Å²) >= 11 is 6.03. The summed E-state index contributed by atoms with van der Waals surface area (Å²) in [6.45, 7) is 0.106. The maximum atomic E-state index is 13.4. The quantitative estimate of drug-likeness (QED) is 0.624. The summed E-state index contributed by atoms with van der Waals surface area (Å²) in [6, 6.07) is 22.5. The summed E-state index contributed by atoms with van der Waals surface area (Å²) < 4.78 is 13.4. The first-order valence-corrected chi connectivity index (χ1v) is 9.36. The third-order valence-electron chi connectivity index (χ3n) is 4.51. The Labute approximate surface area is 174 Å². The van der Waals surface area contributed by atoms with E-state index in [0.717, 1.165) is 11.1 Å². The number of hydrogen-bond acceptors (Lipinski definition) is 3. The molecule has 6 heteroatoms. The van der Waals surface area contributed by atoms with Crippen LogP contribution in [0.3, 0.4) is 0 Å². The number of nitriles is 1. The van der Waals surface area contributed by atoms with Crippen LogP contribution >= 0.6 is 11.6 Å². The lowest BCUT2D eigenvalue weighted by Gasteiger charge is -2.28. The lowest BCUT2D eigenvalue weighted by Crippen LogP contribution is -2.34. The van der Waals surface area contributed by atoms with Gasteiger partial charge in [0.05, 0.1) is 23.2 Å². The number of nitrogens with zero attached hydrogens (tertiary/aromatic N) is 2. The van der Waals surface area contributed by atoms with Crippen LogP contribution in [0.25, 0.3) is 0 Å². The van der Waals surface area contributed by atoms with E-state index in [0.29, 0.717) is 11.3 Å². The van der Waals surface area contributed by atoms with Crippen LogP contribution < -0.4 is 5.32 Å². The number of carbonyl (C=O) groups excluding carboxylic acids is 1. The number of amides is 1. The molecule has 0 aliphatic carbocycles. The van der Waals surface area contributed by atoms with Gasteiger partial charge in [-0.1, -0.05) is 54.1 Å². The van der Waals surface area contributed by atoms with Crippen LogP contribution in [0, 0.1) is 17.1 Å². The van der Waals surface area contributed by atoms with E-state index >= 15 is 0 Å². The van der Waals surface area contributed by atoms with Gasteiger partial charge in [0.15, 0.2) is 0 Å². The molecule has 0 aromatic heterocycles. The molecule has 0 heterocycles. The first kappa shape index (κ1) is 20.5. The number of likely N-dealkylation sites (N-methyl/N-ethyl adjacent to an activating group) is 1. The molecule has 0 aliphatic rings. The number of nitrogens with one attached hydrogen (secondary N) is 1. The monoisotopic (exact) mass is 407 g/mol. The van der Waals surface area contributed by atoms with Crippen molar-refractivity contribution in [3.63, 3.8) is 0 Å². The van der Waals surface area contributed by atoms with Crippen molar-refractivity contribution in [2.75, 3.05) is 18.9 Å². The zero-order valence-electron chi connectivity index (χ0n) is 15.8. The molecule has 4 nitrogen and oxygen atoms in total. The van der Waals surface area contributed by atoms with Crippen LogP contribution in [0.1, 0.15) is 22.7 Å². The van der Waals surface area contributed by atoms with Crippen molar-refractivity contribution >= 4 is 23.2 Å². The highest BCUT2D eigenvalue weighted by atomic mass is 35.5. The Morgan fingerprint density at radius 2 is 1.76 bits per heavy atom. The van der Waals surface area contributed by atoms with Gasteiger partial charge in [0.1, 0.15) is 11.9 Å². The molecule has 0 saturated carbocycles. The predicted molar refractivity (Wildman–Crippen MR) is 112 cm³/mol. The molecule has 3 aromatic rings. The average Bonchev–Trinajstić information content (AvgIpc) is 2.70. The topological polar surface area (TPSA) is 56.1 Å². The van der Waals surface area contributed by atoms with Crippen LogP contribution in [0.2, 0.25) is 5.02 Å². The van der Waals surface area contributed by atoms with Gasteiger partial charge in [0.2, 0.25) is 5.91 Å². The van der Waals surface area contributed by atoms with E-state index in [2.05, 4.69) is 5.32 Å². The number of hydrogen-bond donors (Lipinski definition) is 1. The smallest absolute Gasteiger partial charge is 0.238 e. The average molecular weight is 408 g/mol. The zero-order valence-corrected chi connectivity index (χ0v) is 16.5. The van der Waals surface area contributed by atoms with Crippen molar-refractivity contribution in [3.8, 4) is 6.07 Å². The summed E-state index contributed by atoms with van der Waals surface area (Å²) in [5.74, 6) is -0.532. The highest BCUT2D eigenvalue weighted by Crippen LogP contribution is 2.28. The van der Waals surface area contributed by atoms with Gasteiger partial charge in [-0.25, -0.2) is 4.39 Å². The van der Waals surface area contributed by atoms with E-state index in [1.54, 1.807) is 30.3 Å².